The number of aromatic nitrogens is 3. The quantitative estimate of drug-likeness (QED) is 0.526. The van der Waals surface area contributed by atoms with Gasteiger partial charge in [0, 0.05) is 6.07 Å². The molecule has 8 heteroatoms. The molecule has 8 nitrogen and oxygen atoms in total. The van der Waals surface area contributed by atoms with E-state index in [0.717, 1.165) is 5.56 Å². The largest absolute Gasteiger partial charge is 0.491 e. The minimum absolute atomic E-state index is 0.0584. The summed E-state index contributed by atoms with van der Waals surface area (Å²) in [6, 6.07) is 13.1. The first-order chi connectivity index (χ1) is 14.5. The number of aryl methyl sites for hydroxylation is 1. The molecule has 0 radical (unpaired) electrons. The van der Waals surface area contributed by atoms with Crippen molar-refractivity contribution in [3.63, 3.8) is 0 Å². The van der Waals surface area contributed by atoms with E-state index < -0.39 is 0 Å². The van der Waals surface area contributed by atoms with Crippen molar-refractivity contribution in [3.05, 3.63) is 82.5 Å². The lowest BCUT2D eigenvalue weighted by Crippen LogP contribution is -2.18. The molecule has 0 unspecified atom stereocenters. The number of fused-ring (bicyclic) bond motifs is 1. The Morgan fingerprint density at radius 2 is 1.83 bits per heavy atom. The van der Waals surface area contributed by atoms with Gasteiger partial charge >= 0.3 is 0 Å². The number of benzene rings is 1. The van der Waals surface area contributed by atoms with Gasteiger partial charge in [-0.1, -0.05) is 29.8 Å². The van der Waals surface area contributed by atoms with Gasteiger partial charge in [0.05, 0.1) is 25.7 Å². The lowest BCUT2D eigenvalue weighted by atomic mass is 10.2. The molecule has 152 valence electrons. The van der Waals surface area contributed by atoms with Crippen molar-refractivity contribution in [2.24, 2.45) is 0 Å². The topological polar surface area (TPSA) is 101 Å². The molecule has 0 bridgehead atoms. The van der Waals surface area contributed by atoms with Crippen molar-refractivity contribution in [3.8, 4) is 23.1 Å². The minimum Gasteiger partial charge on any atom is -0.491 e. The van der Waals surface area contributed by atoms with Crippen molar-refractivity contribution in [2.45, 2.75) is 13.5 Å². The van der Waals surface area contributed by atoms with Gasteiger partial charge in [0.25, 0.3) is 11.4 Å². The van der Waals surface area contributed by atoms with E-state index >= 15 is 0 Å². The summed E-state index contributed by atoms with van der Waals surface area (Å²) in [5.74, 6) is 1.65. The van der Waals surface area contributed by atoms with E-state index in [4.69, 9.17) is 19.9 Å². The monoisotopic (exact) mass is 404 g/mol. The predicted octanol–water partition coefficient (Wildman–Crippen LogP) is 3.36. The molecule has 2 N–H and O–H groups in total. The molecule has 0 atom stereocenters. The number of rotatable bonds is 6. The van der Waals surface area contributed by atoms with Crippen LogP contribution in [0.5, 0.6) is 23.1 Å². The summed E-state index contributed by atoms with van der Waals surface area (Å²) in [7, 11) is 1.53. The molecular weight excluding hydrogens is 384 g/mol. The smallest absolute Gasteiger partial charge is 0.281 e. The van der Waals surface area contributed by atoms with Gasteiger partial charge in [-0.05, 0) is 24.6 Å². The number of nitrogens with zero attached hydrogens (tertiary/aromatic N) is 3. The molecule has 0 aliphatic carbocycles. The van der Waals surface area contributed by atoms with E-state index in [1.807, 2.05) is 31.2 Å². The van der Waals surface area contributed by atoms with E-state index in [1.165, 1.54) is 35.7 Å². The summed E-state index contributed by atoms with van der Waals surface area (Å²) >= 11 is 0. The fraction of sp³-hybridized carbons (Fsp3) is 0.136. The molecule has 0 fully saturated rings. The minimum atomic E-state index is -0.360. The van der Waals surface area contributed by atoms with Crippen LogP contribution < -0.4 is 25.5 Å². The third-order valence-electron chi connectivity index (χ3n) is 4.45. The second-order valence-corrected chi connectivity index (χ2v) is 6.67. The molecule has 1 aromatic carbocycles. The van der Waals surface area contributed by atoms with E-state index in [9.17, 15) is 4.79 Å². The van der Waals surface area contributed by atoms with Crippen molar-refractivity contribution >= 4 is 11.3 Å². The maximum atomic E-state index is 12.2. The van der Waals surface area contributed by atoms with Crippen LogP contribution in [0.4, 0.5) is 5.69 Å². The Hall–Kier alpha value is -4.07. The maximum absolute atomic E-state index is 12.2. The third-order valence-corrected chi connectivity index (χ3v) is 4.45. The lowest BCUT2D eigenvalue weighted by molar-refractivity contribution is 0.271. The van der Waals surface area contributed by atoms with Gasteiger partial charge in [-0.25, -0.2) is 9.97 Å². The Bertz CT molecular complexity index is 1250. The van der Waals surface area contributed by atoms with Crippen LogP contribution in [0.2, 0.25) is 0 Å². The molecular formula is C22H20N4O4. The first-order valence-corrected chi connectivity index (χ1v) is 9.20. The molecule has 0 saturated carbocycles. The first kappa shape index (κ1) is 19.3. The normalized spacial score (nSPS) is 10.7. The zero-order chi connectivity index (χ0) is 21.1. The van der Waals surface area contributed by atoms with E-state index in [1.54, 1.807) is 18.2 Å². The Morgan fingerprint density at radius 1 is 1.03 bits per heavy atom. The van der Waals surface area contributed by atoms with E-state index in [-0.39, 0.29) is 11.2 Å². The summed E-state index contributed by atoms with van der Waals surface area (Å²) in [4.78, 5) is 20.6. The van der Waals surface area contributed by atoms with Gasteiger partial charge in [-0.15, -0.1) is 0 Å². The Morgan fingerprint density at radius 3 is 2.60 bits per heavy atom. The average molecular weight is 404 g/mol. The van der Waals surface area contributed by atoms with Gasteiger partial charge in [-0.3, -0.25) is 9.20 Å². The molecule has 30 heavy (non-hydrogen) atoms. The fourth-order valence-corrected chi connectivity index (χ4v) is 2.83. The molecule has 3 aromatic heterocycles. The van der Waals surface area contributed by atoms with Gasteiger partial charge in [0.1, 0.15) is 29.4 Å². The summed E-state index contributed by atoms with van der Waals surface area (Å²) < 4.78 is 18.3. The highest BCUT2D eigenvalue weighted by Crippen LogP contribution is 2.31. The van der Waals surface area contributed by atoms with Gasteiger partial charge in [0.2, 0.25) is 0 Å². The number of anilines is 1. The number of hydrogen-bond donors (Lipinski definition) is 1. The second-order valence-electron chi connectivity index (χ2n) is 6.67. The predicted molar refractivity (Wildman–Crippen MR) is 112 cm³/mol. The Kier molecular flexibility index (Phi) is 5.21. The molecule has 0 spiro atoms. The lowest BCUT2D eigenvalue weighted by Gasteiger charge is -2.12. The van der Waals surface area contributed by atoms with Crippen molar-refractivity contribution < 1.29 is 14.2 Å². The molecule has 0 amide bonds. The third kappa shape index (κ3) is 4.02. The van der Waals surface area contributed by atoms with Crippen LogP contribution in [-0.4, -0.2) is 21.5 Å². The molecule has 4 aromatic rings. The fourth-order valence-electron chi connectivity index (χ4n) is 2.83. The van der Waals surface area contributed by atoms with Crippen LogP contribution in [0.3, 0.4) is 0 Å². The highest BCUT2D eigenvalue weighted by Gasteiger charge is 2.11. The number of nitrogen functional groups attached to an aromatic ring is 1. The summed E-state index contributed by atoms with van der Waals surface area (Å²) in [6.07, 6.45) is 4.38. The Labute approximate surface area is 172 Å². The van der Waals surface area contributed by atoms with Crippen molar-refractivity contribution in [1.29, 1.82) is 0 Å². The zero-order valence-corrected chi connectivity index (χ0v) is 16.5. The summed E-state index contributed by atoms with van der Waals surface area (Å²) in [5.41, 5.74) is 8.02. The van der Waals surface area contributed by atoms with E-state index in [0.29, 0.717) is 35.4 Å². The van der Waals surface area contributed by atoms with Crippen LogP contribution in [-0.2, 0) is 6.61 Å². The highest BCUT2D eigenvalue weighted by atomic mass is 16.5. The highest BCUT2D eigenvalue weighted by molar-refractivity contribution is 5.47. The number of pyridine rings is 2. The maximum Gasteiger partial charge on any atom is 0.281 e. The van der Waals surface area contributed by atoms with E-state index in [2.05, 4.69) is 9.97 Å². The average Bonchev–Trinajstić information content (AvgIpc) is 2.76. The SMILES string of the molecule is COc1cc(Oc2ccc3ncc(N)c(=O)n3c2)cnc1OCc1ccc(C)cc1. The second kappa shape index (κ2) is 8.12. The number of methoxy groups -OCH3 is 1. The molecule has 3 heterocycles. The van der Waals surface area contributed by atoms with Crippen LogP contribution in [0.25, 0.3) is 5.65 Å². The van der Waals surface area contributed by atoms with Gasteiger partial charge in [0.15, 0.2) is 5.75 Å². The first-order valence-electron chi connectivity index (χ1n) is 9.20. The van der Waals surface area contributed by atoms with Crippen LogP contribution >= 0.6 is 0 Å². The Balaban J connectivity index is 1.54. The van der Waals surface area contributed by atoms with Crippen LogP contribution in [0, 0.1) is 6.92 Å². The molecule has 0 aliphatic rings. The molecule has 4 rings (SSSR count). The number of nitrogens with two attached hydrogens (primary N) is 1. The van der Waals surface area contributed by atoms with Gasteiger partial charge < -0.3 is 19.9 Å². The zero-order valence-electron chi connectivity index (χ0n) is 16.5. The van der Waals surface area contributed by atoms with Crippen molar-refractivity contribution in [1.82, 2.24) is 14.4 Å². The standard InChI is InChI=1S/C22H20N4O4/c1-14-3-5-15(6-4-14)13-29-21-19(28-2)9-17(10-25-21)30-16-7-8-20-24-11-18(23)22(27)26(20)12-16/h3-12H,13,23H2,1-2H3. The number of ether oxygens (including phenoxy) is 3. The number of hydrogen-bond acceptors (Lipinski definition) is 7. The van der Waals surface area contributed by atoms with Crippen molar-refractivity contribution in [2.75, 3.05) is 12.8 Å². The summed E-state index contributed by atoms with van der Waals surface area (Å²) in [5, 5.41) is 0. The summed E-state index contributed by atoms with van der Waals surface area (Å²) in [6.45, 7) is 2.40. The van der Waals surface area contributed by atoms with Crippen LogP contribution in [0.15, 0.2) is 65.8 Å². The molecule has 0 aliphatic heterocycles. The van der Waals surface area contributed by atoms with Crippen LogP contribution in [0.1, 0.15) is 11.1 Å². The molecule has 0 saturated heterocycles. The van der Waals surface area contributed by atoms with Gasteiger partial charge in [-0.2, -0.15) is 0 Å².